The van der Waals surface area contributed by atoms with Crippen molar-refractivity contribution in [3.05, 3.63) is 74.7 Å². The zero-order chi connectivity index (χ0) is 19.6. The summed E-state index contributed by atoms with van der Waals surface area (Å²) in [4.78, 5) is 26.3. The fourth-order valence-corrected chi connectivity index (χ4v) is 4.43. The number of nitriles is 1. The van der Waals surface area contributed by atoms with Gasteiger partial charge in [-0.1, -0.05) is 52.0 Å². The van der Waals surface area contributed by atoms with E-state index in [1.807, 2.05) is 37.3 Å². The minimum absolute atomic E-state index is 0.172. The van der Waals surface area contributed by atoms with E-state index in [-0.39, 0.29) is 16.5 Å². The van der Waals surface area contributed by atoms with Crippen molar-refractivity contribution in [2.75, 3.05) is 4.90 Å². The number of benzene rings is 2. The van der Waals surface area contributed by atoms with Crippen LogP contribution in [0.2, 0.25) is 0 Å². The second kappa shape index (κ2) is 7.99. The van der Waals surface area contributed by atoms with E-state index in [0.29, 0.717) is 12.1 Å². The van der Waals surface area contributed by atoms with Crippen LogP contribution in [0.25, 0.3) is 0 Å². The number of aryl methyl sites for hydroxylation is 1. The molecule has 1 aliphatic rings. The summed E-state index contributed by atoms with van der Waals surface area (Å²) in [6, 6.07) is 16.8. The summed E-state index contributed by atoms with van der Waals surface area (Å²) in [5.74, 6) is -1.01. The van der Waals surface area contributed by atoms with Crippen LogP contribution in [-0.2, 0) is 16.0 Å². The van der Waals surface area contributed by atoms with E-state index in [1.165, 1.54) is 16.7 Å². The van der Waals surface area contributed by atoms with Gasteiger partial charge < -0.3 is 5.73 Å². The molecule has 5 nitrogen and oxygen atoms in total. The maximum atomic E-state index is 13.2. The molecule has 2 aromatic carbocycles. The number of primary amides is 1. The molecule has 1 saturated heterocycles. The van der Waals surface area contributed by atoms with Gasteiger partial charge in [0.15, 0.2) is 0 Å². The molecule has 7 heteroatoms. The first-order chi connectivity index (χ1) is 12.9. The van der Waals surface area contributed by atoms with Crippen LogP contribution < -0.4 is 10.6 Å². The SMILES string of the molecule is Cc1ccccc1C[C@H]1S/C(=C(/C#N)C(N)=O)N(c2ccc(Br)cc2)C1=O. The zero-order valence-corrected chi connectivity index (χ0v) is 16.9. The molecule has 0 aromatic heterocycles. The molecule has 136 valence electrons. The van der Waals surface area contributed by atoms with Gasteiger partial charge >= 0.3 is 0 Å². The third-order valence-corrected chi connectivity index (χ3v) is 6.07. The summed E-state index contributed by atoms with van der Waals surface area (Å²) in [5, 5.41) is 9.25. The Morgan fingerprint density at radius 2 is 1.93 bits per heavy atom. The summed E-state index contributed by atoms with van der Waals surface area (Å²) in [6.07, 6.45) is 0.504. The van der Waals surface area contributed by atoms with Crippen molar-refractivity contribution in [1.29, 1.82) is 5.26 Å². The predicted molar refractivity (Wildman–Crippen MR) is 110 cm³/mol. The highest BCUT2D eigenvalue weighted by Gasteiger charge is 2.40. The monoisotopic (exact) mass is 441 g/mol. The summed E-state index contributed by atoms with van der Waals surface area (Å²) in [6.45, 7) is 1.99. The molecule has 0 aliphatic carbocycles. The second-order valence-electron chi connectivity index (χ2n) is 6.04. The van der Waals surface area contributed by atoms with Gasteiger partial charge in [0.1, 0.15) is 16.7 Å². The van der Waals surface area contributed by atoms with Crippen LogP contribution >= 0.6 is 27.7 Å². The Morgan fingerprint density at radius 1 is 1.26 bits per heavy atom. The molecule has 2 amide bonds. The lowest BCUT2D eigenvalue weighted by Crippen LogP contribution is -2.31. The third kappa shape index (κ3) is 3.92. The fourth-order valence-electron chi connectivity index (χ4n) is 2.86. The van der Waals surface area contributed by atoms with E-state index in [4.69, 9.17) is 5.73 Å². The highest BCUT2D eigenvalue weighted by atomic mass is 79.9. The van der Waals surface area contributed by atoms with Crippen LogP contribution in [0.1, 0.15) is 11.1 Å². The van der Waals surface area contributed by atoms with Crippen molar-refractivity contribution in [1.82, 2.24) is 0 Å². The fraction of sp³-hybridized carbons (Fsp3) is 0.150. The van der Waals surface area contributed by atoms with Gasteiger partial charge in [-0.25, -0.2) is 0 Å². The first kappa shape index (κ1) is 19.2. The molecule has 0 radical (unpaired) electrons. The minimum atomic E-state index is -0.841. The predicted octanol–water partition coefficient (Wildman–Crippen LogP) is 3.67. The maximum absolute atomic E-state index is 13.2. The number of halogens is 1. The van der Waals surface area contributed by atoms with Gasteiger partial charge in [0.25, 0.3) is 5.91 Å². The minimum Gasteiger partial charge on any atom is -0.365 e. The number of anilines is 1. The summed E-state index contributed by atoms with van der Waals surface area (Å²) in [5.41, 5.74) is 7.91. The molecule has 1 heterocycles. The smallest absolute Gasteiger partial charge is 0.262 e. The number of carbonyl (C=O) groups is 2. The van der Waals surface area contributed by atoms with Crippen LogP contribution in [0.3, 0.4) is 0 Å². The van der Waals surface area contributed by atoms with Gasteiger partial charge in [-0.05, 0) is 48.7 Å². The lowest BCUT2D eigenvalue weighted by molar-refractivity contribution is -0.117. The van der Waals surface area contributed by atoms with Crippen LogP contribution in [0.5, 0.6) is 0 Å². The van der Waals surface area contributed by atoms with Gasteiger partial charge in [0.05, 0.1) is 5.25 Å². The average molecular weight is 442 g/mol. The first-order valence-electron chi connectivity index (χ1n) is 8.17. The van der Waals surface area contributed by atoms with E-state index in [1.54, 1.807) is 24.3 Å². The number of amides is 2. The van der Waals surface area contributed by atoms with Crippen LogP contribution in [-0.4, -0.2) is 17.1 Å². The van der Waals surface area contributed by atoms with Gasteiger partial charge in [-0.2, -0.15) is 5.26 Å². The van der Waals surface area contributed by atoms with E-state index < -0.39 is 11.2 Å². The van der Waals surface area contributed by atoms with Crippen molar-refractivity contribution in [3.63, 3.8) is 0 Å². The van der Waals surface area contributed by atoms with E-state index in [9.17, 15) is 14.9 Å². The topological polar surface area (TPSA) is 87.2 Å². The molecule has 0 unspecified atom stereocenters. The lowest BCUT2D eigenvalue weighted by atomic mass is 10.0. The molecule has 0 bridgehead atoms. The van der Waals surface area contributed by atoms with E-state index in [0.717, 1.165) is 15.6 Å². The van der Waals surface area contributed by atoms with Crippen molar-refractivity contribution < 1.29 is 9.59 Å². The Kier molecular flexibility index (Phi) is 5.68. The standard InChI is InChI=1S/C20H16BrN3O2S/c1-12-4-2-3-5-13(12)10-17-19(26)24(15-8-6-14(21)7-9-15)20(27-17)16(11-22)18(23)25/h2-9,17H,10H2,1H3,(H2,23,25)/b20-16-/t17-/m1/s1. The zero-order valence-electron chi connectivity index (χ0n) is 14.5. The molecule has 0 saturated carbocycles. The van der Waals surface area contributed by atoms with Gasteiger partial charge in [0.2, 0.25) is 5.91 Å². The number of hydrogen-bond donors (Lipinski definition) is 1. The number of thioether (sulfide) groups is 1. The number of carbonyl (C=O) groups excluding carboxylic acids is 2. The first-order valence-corrected chi connectivity index (χ1v) is 9.84. The normalized spacial score (nSPS) is 18.3. The number of hydrogen-bond acceptors (Lipinski definition) is 4. The largest absolute Gasteiger partial charge is 0.365 e. The highest BCUT2D eigenvalue weighted by molar-refractivity contribution is 9.10. The molecule has 3 rings (SSSR count). The summed E-state index contributed by atoms with van der Waals surface area (Å²) in [7, 11) is 0. The van der Waals surface area contributed by atoms with Gasteiger partial charge in [-0.3, -0.25) is 14.5 Å². The van der Waals surface area contributed by atoms with Crippen molar-refractivity contribution in [3.8, 4) is 6.07 Å². The highest BCUT2D eigenvalue weighted by Crippen LogP contribution is 2.42. The Bertz CT molecular complexity index is 979. The Balaban J connectivity index is 2.05. The molecular formula is C20H16BrN3O2S. The molecule has 1 atom stereocenters. The van der Waals surface area contributed by atoms with Crippen LogP contribution in [0.4, 0.5) is 5.69 Å². The molecule has 2 N–H and O–H groups in total. The molecular weight excluding hydrogens is 426 g/mol. The summed E-state index contributed by atoms with van der Waals surface area (Å²) >= 11 is 4.58. The van der Waals surface area contributed by atoms with E-state index >= 15 is 0 Å². The molecule has 27 heavy (non-hydrogen) atoms. The van der Waals surface area contributed by atoms with Crippen molar-refractivity contribution in [2.24, 2.45) is 5.73 Å². The molecule has 0 spiro atoms. The van der Waals surface area contributed by atoms with Crippen molar-refractivity contribution >= 4 is 45.2 Å². The Morgan fingerprint density at radius 3 is 2.52 bits per heavy atom. The Labute approximate surface area is 170 Å². The third-order valence-electron chi connectivity index (χ3n) is 4.28. The molecule has 2 aromatic rings. The number of nitrogens with two attached hydrogens (primary N) is 1. The van der Waals surface area contributed by atoms with Crippen LogP contribution in [0.15, 0.2) is 63.6 Å². The summed E-state index contributed by atoms with van der Waals surface area (Å²) < 4.78 is 0.864. The lowest BCUT2D eigenvalue weighted by Gasteiger charge is -2.18. The average Bonchev–Trinajstić information content (AvgIpc) is 2.94. The van der Waals surface area contributed by atoms with Crippen LogP contribution in [0, 0.1) is 18.3 Å². The quantitative estimate of drug-likeness (QED) is 0.578. The van der Waals surface area contributed by atoms with Gasteiger partial charge in [-0.15, -0.1) is 0 Å². The van der Waals surface area contributed by atoms with E-state index in [2.05, 4.69) is 15.9 Å². The number of nitrogens with zero attached hydrogens (tertiary/aromatic N) is 2. The Hall–Kier alpha value is -2.56. The van der Waals surface area contributed by atoms with Crippen molar-refractivity contribution in [2.45, 2.75) is 18.6 Å². The second-order valence-corrected chi connectivity index (χ2v) is 8.15. The number of rotatable bonds is 4. The van der Waals surface area contributed by atoms with Gasteiger partial charge in [0, 0.05) is 10.2 Å². The maximum Gasteiger partial charge on any atom is 0.262 e. The molecule has 1 fully saturated rings. The molecule has 1 aliphatic heterocycles.